The van der Waals surface area contributed by atoms with Gasteiger partial charge in [0.1, 0.15) is 5.75 Å². The summed E-state index contributed by atoms with van der Waals surface area (Å²) in [5, 5.41) is 11.0. The smallest absolute Gasteiger partial charge is 0.387 e. The Morgan fingerprint density at radius 1 is 1.24 bits per heavy atom. The third-order valence-electron chi connectivity index (χ3n) is 2.74. The van der Waals surface area contributed by atoms with Gasteiger partial charge in [-0.3, -0.25) is 0 Å². The largest absolute Gasteiger partial charge is 0.434 e. The van der Waals surface area contributed by atoms with Crippen LogP contribution in [0.4, 0.5) is 8.78 Å². The fourth-order valence-corrected chi connectivity index (χ4v) is 1.80. The molecule has 5 nitrogen and oxygen atoms in total. The average Bonchev–Trinajstić information content (AvgIpc) is 2.92. The highest BCUT2D eigenvalue weighted by Gasteiger charge is 2.15. The predicted molar refractivity (Wildman–Crippen MR) is 73.2 cm³/mol. The van der Waals surface area contributed by atoms with Crippen LogP contribution in [0.5, 0.6) is 5.75 Å². The summed E-state index contributed by atoms with van der Waals surface area (Å²) in [5.41, 5.74) is 0.359. The number of aromatic nitrogens is 2. The molecule has 1 aromatic carbocycles. The molecule has 0 fully saturated rings. The highest BCUT2D eigenvalue weighted by atomic mass is 19.3. The molecule has 0 aliphatic heterocycles. The fourth-order valence-electron chi connectivity index (χ4n) is 1.80. The Kier molecular flexibility index (Phi) is 5.62. The van der Waals surface area contributed by atoms with Gasteiger partial charge in [-0.05, 0) is 25.1 Å². The van der Waals surface area contributed by atoms with E-state index in [0.717, 1.165) is 19.5 Å². The third-order valence-corrected chi connectivity index (χ3v) is 2.74. The first-order valence-electron chi connectivity index (χ1n) is 6.78. The molecule has 0 aliphatic rings. The second kappa shape index (κ2) is 7.68. The highest BCUT2D eigenvalue weighted by molar-refractivity contribution is 5.62. The molecule has 0 saturated heterocycles. The Bertz CT molecular complexity index is 561. The summed E-state index contributed by atoms with van der Waals surface area (Å²) < 4.78 is 34.7. The molecule has 1 N–H and O–H groups in total. The van der Waals surface area contributed by atoms with E-state index in [9.17, 15) is 8.78 Å². The van der Waals surface area contributed by atoms with Gasteiger partial charge in [0, 0.05) is 13.0 Å². The lowest BCUT2D eigenvalue weighted by Crippen LogP contribution is -2.17. The van der Waals surface area contributed by atoms with Gasteiger partial charge in [0.25, 0.3) is 5.89 Å². The number of hydrogen-bond donors (Lipinski definition) is 1. The van der Waals surface area contributed by atoms with Gasteiger partial charge in [-0.15, -0.1) is 10.2 Å². The Balaban J connectivity index is 2.07. The van der Waals surface area contributed by atoms with E-state index in [4.69, 9.17) is 4.42 Å². The average molecular weight is 297 g/mol. The third kappa shape index (κ3) is 4.49. The first-order valence-corrected chi connectivity index (χ1v) is 6.78. The monoisotopic (exact) mass is 297 g/mol. The highest BCUT2D eigenvalue weighted by Crippen LogP contribution is 2.29. The molecule has 0 unspecified atom stereocenters. The van der Waals surface area contributed by atoms with Crippen LogP contribution < -0.4 is 10.1 Å². The van der Waals surface area contributed by atoms with Gasteiger partial charge in [-0.2, -0.15) is 8.78 Å². The van der Waals surface area contributed by atoms with Crippen molar-refractivity contribution < 1.29 is 17.9 Å². The molecule has 2 aromatic rings. The molecule has 7 heteroatoms. The van der Waals surface area contributed by atoms with E-state index in [2.05, 4.69) is 27.2 Å². The zero-order valence-electron chi connectivity index (χ0n) is 11.7. The minimum absolute atomic E-state index is 0.0202. The van der Waals surface area contributed by atoms with E-state index >= 15 is 0 Å². The number of halogens is 2. The number of nitrogens with one attached hydrogen (secondary N) is 1. The number of ether oxygens (including phenoxy) is 1. The van der Waals surface area contributed by atoms with Gasteiger partial charge in [0.15, 0.2) is 0 Å². The quantitative estimate of drug-likeness (QED) is 0.759. The van der Waals surface area contributed by atoms with Gasteiger partial charge in [0.2, 0.25) is 5.89 Å². The van der Waals surface area contributed by atoms with Crippen LogP contribution in [-0.2, 0) is 6.42 Å². The zero-order valence-corrected chi connectivity index (χ0v) is 11.7. The minimum Gasteiger partial charge on any atom is -0.434 e. The summed E-state index contributed by atoms with van der Waals surface area (Å²) in [5.74, 6) is 0.656. The van der Waals surface area contributed by atoms with Crippen molar-refractivity contribution in [1.29, 1.82) is 0 Å². The van der Waals surface area contributed by atoms with E-state index in [0.29, 0.717) is 17.9 Å². The molecule has 0 atom stereocenters. The maximum absolute atomic E-state index is 12.4. The number of rotatable bonds is 8. The van der Waals surface area contributed by atoms with Gasteiger partial charge in [0.05, 0.1) is 5.56 Å². The van der Waals surface area contributed by atoms with Crippen molar-refractivity contribution in [3.05, 3.63) is 30.2 Å². The lowest BCUT2D eigenvalue weighted by molar-refractivity contribution is -0.0495. The normalized spacial score (nSPS) is 11.0. The van der Waals surface area contributed by atoms with Crippen LogP contribution >= 0.6 is 0 Å². The van der Waals surface area contributed by atoms with Crippen LogP contribution in [0, 0.1) is 0 Å². The summed E-state index contributed by atoms with van der Waals surface area (Å²) in [6.45, 7) is 0.834. The van der Waals surface area contributed by atoms with Crippen LogP contribution in [0.25, 0.3) is 11.5 Å². The Morgan fingerprint density at radius 3 is 2.81 bits per heavy atom. The first kappa shape index (κ1) is 15.4. The molecular weight excluding hydrogens is 280 g/mol. The molecule has 0 saturated carbocycles. The van der Waals surface area contributed by atoms with Gasteiger partial charge in [-0.1, -0.05) is 19.1 Å². The second-order valence-electron chi connectivity index (χ2n) is 4.38. The van der Waals surface area contributed by atoms with E-state index < -0.39 is 6.61 Å². The van der Waals surface area contributed by atoms with Crippen LogP contribution in [0.1, 0.15) is 19.2 Å². The van der Waals surface area contributed by atoms with Crippen LogP contribution in [-0.4, -0.2) is 29.9 Å². The first-order chi connectivity index (χ1) is 10.2. The maximum atomic E-state index is 12.4. The molecule has 1 aromatic heterocycles. The number of alkyl halides is 2. The maximum Gasteiger partial charge on any atom is 0.387 e. The molecule has 114 valence electrons. The molecule has 0 radical (unpaired) electrons. The van der Waals surface area contributed by atoms with Gasteiger partial charge < -0.3 is 14.5 Å². The Labute approximate surface area is 121 Å². The van der Waals surface area contributed by atoms with Crippen LogP contribution in [0.3, 0.4) is 0 Å². The lowest BCUT2D eigenvalue weighted by atomic mass is 10.2. The predicted octanol–water partition coefficient (Wildman–Crippen LogP) is 2.88. The van der Waals surface area contributed by atoms with Gasteiger partial charge >= 0.3 is 6.61 Å². The lowest BCUT2D eigenvalue weighted by Gasteiger charge is -2.07. The van der Waals surface area contributed by atoms with Gasteiger partial charge in [-0.25, -0.2) is 0 Å². The Hall–Kier alpha value is -2.02. The van der Waals surface area contributed by atoms with Crippen molar-refractivity contribution in [2.24, 2.45) is 0 Å². The summed E-state index contributed by atoms with van der Waals surface area (Å²) >= 11 is 0. The second-order valence-corrected chi connectivity index (χ2v) is 4.38. The summed E-state index contributed by atoms with van der Waals surface area (Å²) in [4.78, 5) is 0. The standard InChI is InChI=1S/C14H17F2N3O2/c1-2-8-17-9-7-12-18-19-13(21-12)10-5-3-4-6-11(10)20-14(15)16/h3-6,14,17H,2,7-9H2,1H3. The Morgan fingerprint density at radius 2 is 2.05 bits per heavy atom. The van der Waals surface area contributed by atoms with Crippen molar-refractivity contribution in [3.8, 4) is 17.2 Å². The van der Waals surface area contributed by atoms with Crippen molar-refractivity contribution >= 4 is 0 Å². The fraction of sp³-hybridized carbons (Fsp3) is 0.429. The molecule has 2 rings (SSSR count). The van der Waals surface area contributed by atoms with E-state index in [1.165, 1.54) is 6.07 Å². The molecule has 21 heavy (non-hydrogen) atoms. The van der Waals surface area contributed by atoms with Crippen molar-refractivity contribution in [3.63, 3.8) is 0 Å². The van der Waals surface area contributed by atoms with Crippen molar-refractivity contribution in [2.45, 2.75) is 26.4 Å². The zero-order chi connectivity index (χ0) is 15.1. The number of para-hydroxylation sites is 1. The molecule has 1 heterocycles. The molecule has 0 amide bonds. The van der Waals surface area contributed by atoms with Crippen LogP contribution in [0.2, 0.25) is 0 Å². The topological polar surface area (TPSA) is 60.2 Å². The molecule has 0 aliphatic carbocycles. The minimum atomic E-state index is -2.90. The summed E-state index contributed by atoms with van der Waals surface area (Å²) in [7, 11) is 0. The SMILES string of the molecule is CCCNCCc1nnc(-c2ccccc2OC(F)F)o1. The summed E-state index contributed by atoms with van der Waals surface area (Å²) in [6, 6.07) is 6.34. The number of benzene rings is 1. The summed E-state index contributed by atoms with van der Waals surface area (Å²) in [6.07, 6.45) is 1.64. The van der Waals surface area contributed by atoms with Crippen LogP contribution in [0.15, 0.2) is 28.7 Å². The van der Waals surface area contributed by atoms with E-state index in [-0.39, 0.29) is 11.6 Å². The number of nitrogens with zero attached hydrogens (tertiary/aromatic N) is 2. The van der Waals surface area contributed by atoms with E-state index in [1.807, 2.05) is 0 Å². The molecule has 0 spiro atoms. The molecule has 0 bridgehead atoms. The van der Waals surface area contributed by atoms with Crippen molar-refractivity contribution in [1.82, 2.24) is 15.5 Å². The van der Waals surface area contributed by atoms with Crippen molar-refractivity contribution in [2.75, 3.05) is 13.1 Å². The number of hydrogen-bond acceptors (Lipinski definition) is 5. The molecular formula is C14H17F2N3O2. The van der Waals surface area contributed by atoms with E-state index in [1.54, 1.807) is 18.2 Å².